The predicted molar refractivity (Wildman–Crippen MR) is 150 cm³/mol. The smallest absolute Gasteiger partial charge is 0.251 e. The number of nitrogens with two attached hydrogens (primary N) is 1. The van der Waals surface area contributed by atoms with Gasteiger partial charge in [0.1, 0.15) is 6.04 Å². The van der Waals surface area contributed by atoms with Crippen molar-refractivity contribution in [2.75, 3.05) is 6.54 Å². The highest BCUT2D eigenvalue weighted by molar-refractivity contribution is 5.98. The van der Waals surface area contributed by atoms with Crippen LogP contribution in [-0.2, 0) is 21.4 Å². The summed E-state index contributed by atoms with van der Waals surface area (Å²) in [6.07, 6.45) is 11.8. The standard InChI is InChI=1S/C32H34N4O3/c33-31(39)32(16-5-6-17-32)26-14-8-12-24(21-26)29(37)35-27(20-23-10-2-1-3-11-23)30(38)36-19-7-4-15-28(36)25-13-9-18-34-22-25/h1-4,7-14,18,21-22,27-28H,5-6,15-17,19-20H2,(H2,33,39)(H,35,37)/t27-,28?/m0/s1. The summed E-state index contributed by atoms with van der Waals surface area (Å²) in [6, 6.07) is 19.7. The van der Waals surface area contributed by atoms with Gasteiger partial charge in [0.05, 0.1) is 11.5 Å². The van der Waals surface area contributed by atoms with E-state index in [-0.39, 0.29) is 23.8 Å². The predicted octanol–water partition coefficient (Wildman–Crippen LogP) is 4.25. The Labute approximate surface area is 229 Å². The molecule has 2 aromatic carbocycles. The average Bonchev–Trinajstić information content (AvgIpc) is 3.49. The molecule has 3 amide bonds. The van der Waals surface area contributed by atoms with E-state index in [2.05, 4.69) is 16.4 Å². The second-order valence-electron chi connectivity index (χ2n) is 10.4. The van der Waals surface area contributed by atoms with Crippen LogP contribution in [0.2, 0.25) is 0 Å². The highest BCUT2D eigenvalue weighted by Gasteiger charge is 2.41. The van der Waals surface area contributed by atoms with E-state index < -0.39 is 11.5 Å². The lowest BCUT2D eigenvalue weighted by Crippen LogP contribution is -2.51. The van der Waals surface area contributed by atoms with Crippen molar-refractivity contribution in [1.82, 2.24) is 15.2 Å². The molecule has 1 aromatic heterocycles. The van der Waals surface area contributed by atoms with Gasteiger partial charge in [-0.05, 0) is 54.2 Å². The van der Waals surface area contributed by atoms with Crippen LogP contribution < -0.4 is 11.1 Å². The molecule has 2 heterocycles. The molecule has 1 aliphatic carbocycles. The fourth-order valence-electron chi connectivity index (χ4n) is 5.91. The van der Waals surface area contributed by atoms with Crippen LogP contribution in [-0.4, -0.2) is 40.2 Å². The van der Waals surface area contributed by atoms with E-state index in [0.29, 0.717) is 37.8 Å². The third kappa shape index (κ3) is 5.62. The highest BCUT2D eigenvalue weighted by atomic mass is 16.2. The molecular formula is C32H34N4O3. The highest BCUT2D eigenvalue weighted by Crippen LogP contribution is 2.41. The van der Waals surface area contributed by atoms with Crippen molar-refractivity contribution < 1.29 is 14.4 Å². The zero-order valence-electron chi connectivity index (χ0n) is 22.0. The van der Waals surface area contributed by atoms with Crippen molar-refractivity contribution >= 4 is 17.7 Å². The number of carbonyl (C=O) groups excluding carboxylic acids is 3. The number of nitrogens with zero attached hydrogens (tertiary/aromatic N) is 2. The van der Waals surface area contributed by atoms with Gasteiger partial charge in [0, 0.05) is 30.9 Å². The zero-order valence-corrected chi connectivity index (χ0v) is 22.0. The summed E-state index contributed by atoms with van der Waals surface area (Å²) >= 11 is 0. The topological polar surface area (TPSA) is 105 Å². The Bertz CT molecular complexity index is 1350. The van der Waals surface area contributed by atoms with Gasteiger partial charge < -0.3 is 16.0 Å². The number of amides is 3. The Balaban J connectivity index is 1.43. The van der Waals surface area contributed by atoms with Crippen LogP contribution in [0.3, 0.4) is 0 Å². The molecule has 3 N–H and O–H groups in total. The third-order valence-corrected chi connectivity index (χ3v) is 8.05. The Morgan fingerprint density at radius 3 is 2.51 bits per heavy atom. The summed E-state index contributed by atoms with van der Waals surface area (Å²) in [7, 11) is 0. The van der Waals surface area contributed by atoms with Gasteiger partial charge in [-0.3, -0.25) is 19.4 Å². The van der Waals surface area contributed by atoms with E-state index in [4.69, 9.17) is 5.73 Å². The maximum absolute atomic E-state index is 14.1. The number of aromatic nitrogens is 1. The summed E-state index contributed by atoms with van der Waals surface area (Å²) in [4.78, 5) is 46.2. The molecule has 3 aromatic rings. The van der Waals surface area contributed by atoms with Crippen LogP contribution in [0.1, 0.15) is 65.2 Å². The normalized spacial score (nSPS) is 18.9. The van der Waals surface area contributed by atoms with Crippen LogP contribution in [0.4, 0.5) is 0 Å². The quantitative estimate of drug-likeness (QED) is 0.432. The van der Waals surface area contributed by atoms with Crippen LogP contribution >= 0.6 is 0 Å². The summed E-state index contributed by atoms with van der Waals surface area (Å²) < 4.78 is 0. The maximum atomic E-state index is 14.1. The van der Waals surface area contributed by atoms with E-state index >= 15 is 0 Å². The number of primary amides is 1. The molecule has 5 rings (SSSR count). The number of rotatable bonds is 8. The Morgan fingerprint density at radius 2 is 1.79 bits per heavy atom. The van der Waals surface area contributed by atoms with Gasteiger partial charge >= 0.3 is 0 Å². The molecule has 1 unspecified atom stereocenters. The summed E-state index contributed by atoms with van der Waals surface area (Å²) in [5.74, 6) is -0.852. The lowest BCUT2D eigenvalue weighted by atomic mass is 9.77. The van der Waals surface area contributed by atoms with Crippen molar-refractivity contribution in [2.45, 2.75) is 56.0 Å². The fraction of sp³-hybridized carbons (Fsp3) is 0.312. The minimum absolute atomic E-state index is 0.147. The number of hydrogen-bond donors (Lipinski definition) is 2. The van der Waals surface area contributed by atoms with E-state index in [0.717, 1.165) is 29.5 Å². The lowest BCUT2D eigenvalue weighted by Gasteiger charge is -2.36. The van der Waals surface area contributed by atoms with Crippen molar-refractivity contribution in [3.63, 3.8) is 0 Å². The number of pyridine rings is 1. The van der Waals surface area contributed by atoms with Crippen molar-refractivity contribution in [1.29, 1.82) is 0 Å². The first-order valence-electron chi connectivity index (χ1n) is 13.6. The molecule has 1 fully saturated rings. The van der Waals surface area contributed by atoms with Crippen LogP contribution in [0.5, 0.6) is 0 Å². The van der Waals surface area contributed by atoms with E-state index in [1.807, 2.05) is 59.5 Å². The number of nitrogens with one attached hydrogen (secondary N) is 1. The third-order valence-electron chi connectivity index (χ3n) is 8.05. The molecule has 0 radical (unpaired) electrons. The molecular weight excluding hydrogens is 488 g/mol. The Kier molecular flexibility index (Phi) is 7.87. The minimum atomic E-state index is -0.772. The van der Waals surface area contributed by atoms with Crippen molar-refractivity contribution in [2.24, 2.45) is 5.73 Å². The lowest BCUT2D eigenvalue weighted by molar-refractivity contribution is -0.135. The van der Waals surface area contributed by atoms with E-state index in [9.17, 15) is 14.4 Å². The number of hydrogen-bond acceptors (Lipinski definition) is 4. The fourth-order valence-corrected chi connectivity index (χ4v) is 5.91. The van der Waals surface area contributed by atoms with Gasteiger partial charge in [-0.2, -0.15) is 0 Å². The second kappa shape index (κ2) is 11.6. The number of benzene rings is 2. The molecule has 1 aliphatic heterocycles. The summed E-state index contributed by atoms with van der Waals surface area (Å²) in [6.45, 7) is 0.455. The molecule has 0 spiro atoms. The molecule has 7 heteroatoms. The van der Waals surface area contributed by atoms with Gasteiger partial charge in [-0.25, -0.2) is 0 Å². The average molecular weight is 523 g/mol. The Morgan fingerprint density at radius 1 is 1.00 bits per heavy atom. The van der Waals surface area contributed by atoms with Gasteiger partial charge in [0.25, 0.3) is 5.91 Å². The molecule has 200 valence electrons. The number of carbonyl (C=O) groups is 3. The van der Waals surface area contributed by atoms with Crippen LogP contribution in [0.15, 0.2) is 91.3 Å². The van der Waals surface area contributed by atoms with E-state index in [1.54, 1.807) is 30.6 Å². The molecule has 0 saturated heterocycles. The molecule has 1 saturated carbocycles. The van der Waals surface area contributed by atoms with Crippen molar-refractivity contribution in [3.05, 3.63) is 114 Å². The SMILES string of the molecule is NC(=O)C1(c2cccc(C(=O)N[C@@H](Cc3ccccc3)C(=O)N3CC=CCC3c3cccnc3)c2)CCCC1. The van der Waals surface area contributed by atoms with Crippen LogP contribution in [0.25, 0.3) is 0 Å². The van der Waals surface area contributed by atoms with Crippen LogP contribution in [0, 0.1) is 0 Å². The van der Waals surface area contributed by atoms with E-state index in [1.165, 1.54) is 0 Å². The van der Waals surface area contributed by atoms with Gasteiger partial charge in [-0.15, -0.1) is 0 Å². The molecule has 2 aliphatic rings. The monoisotopic (exact) mass is 522 g/mol. The van der Waals surface area contributed by atoms with Gasteiger partial charge in [0.15, 0.2) is 0 Å². The first-order valence-corrected chi connectivity index (χ1v) is 13.6. The zero-order chi connectivity index (χ0) is 27.2. The minimum Gasteiger partial charge on any atom is -0.369 e. The molecule has 0 bridgehead atoms. The molecule has 7 nitrogen and oxygen atoms in total. The molecule has 39 heavy (non-hydrogen) atoms. The van der Waals surface area contributed by atoms with Gasteiger partial charge in [0.2, 0.25) is 11.8 Å². The largest absolute Gasteiger partial charge is 0.369 e. The Hall–Kier alpha value is -4.26. The maximum Gasteiger partial charge on any atom is 0.251 e. The second-order valence-corrected chi connectivity index (χ2v) is 10.4. The molecule has 2 atom stereocenters. The summed E-state index contributed by atoms with van der Waals surface area (Å²) in [5, 5.41) is 3.02. The van der Waals surface area contributed by atoms with Crippen molar-refractivity contribution in [3.8, 4) is 0 Å². The van der Waals surface area contributed by atoms with Gasteiger partial charge in [-0.1, -0.05) is 73.5 Å². The first kappa shape index (κ1) is 26.4. The summed E-state index contributed by atoms with van der Waals surface area (Å²) in [5.41, 5.74) is 8.19. The first-order chi connectivity index (χ1) is 19.0.